The van der Waals surface area contributed by atoms with E-state index in [4.69, 9.17) is 4.74 Å². The second kappa shape index (κ2) is 10.4. The molecule has 6 nitrogen and oxygen atoms in total. The van der Waals surface area contributed by atoms with Gasteiger partial charge in [-0.15, -0.1) is 0 Å². The van der Waals surface area contributed by atoms with Crippen molar-refractivity contribution in [1.29, 1.82) is 0 Å². The Balaban J connectivity index is 1.32. The van der Waals surface area contributed by atoms with Crippen LogP contribution >= 0.6 is 0 Å². The number of nitrogens with zero attached hydrogens (tertiary/aromatic N) is 3. The van der Waals surface area contributed by atoms with Gasteiger partial charge in [0.2, 0.25) is 5.91 Å². The van der Waals surface area contributed by atoms with Crippen LogP contribution in [0.15, 0.2) is 103 Å². The van der Waals surface area contributed by atoms with Gasteiger partial charge in [0, 0.05) is 17.4 Å². The van der Waals surface area contributed by atoms with E-state index in [1.54, 1.807) is 6.20 Å². The molecule has 0 atom stereocenters. The van der Waals surface area contributed by atoms with Gasteiger partial charge < -0.3 is 14.6 Å². The molecule has 170 valence electrons. The van der Waals surface area contributed by atoms with Crippen LogP contribution in [-0.4, -0.2) is 20.4 Å². The van der Waals surface area contributed by atoms with Crippen LogP contribution in [0.25, 0.3) is 11.0 Å². The summed E-state index contributed by atoms with van der Waals surface area (Å²) in [6, 6.07) is 30.4. The van der Waals surface area contributed by atoms with E-state index < -0.39 is 0 Å². The highest BCUT2D eigenvalue weighted by Crippen LogP contribution is 2.19. The van der Waals surface area contributed by atoms with Crippen molar-refractivity contribution in [1.82, 2.24) is 14.5 Å². The third kappa shape index (κ3) is 5.55. The number of carbonyl (C=O) groups excluding carboxylic acids is 1. The molecule has 0 unspecified atom stereocenters. The molecule has 0 aliphatic heterocycles. The van der Waals surface area contributed by atoms with E-state index in [1.165, 1.54) is 0 Å². The van der Waals surface area contributed by atoms with E-state index in [-0.39, 0.29) is 19.1 Å². The van der Waals surface area contributed by atoms with Crippen molar-refractivity contribution in [2.24, 2.45) is 0 Å². The SMILES string of the molecule is O=C(Cn1c(COc2ccccc2)nc2ccccc21)Nc1cccc(C#Cc2ccccn2)c1. The summed E-state index contributed by atoms with van der Waals surface area (Å²) in [5, 5.41) is 2.97. The van der Waals surface area contributed by atoms with E-state index in [0.717, 1.165) is 22.3 Å². The number of para-hydroxylation sites is 3. The number of benzene rings is 3. The Labute approximate surface area is 203 Å². The normalized spacial score (nSPS) is 10.4. The van der Waals surface area contributed by atoms with Gasteiger partial charge in [0.05, 0.1) is 11.0 Å². The highest BCUT2D eigenvalue weighted by atomic mass is 16.5. The predicted molar refractivity (Wildman–Crippen MR) is 136 cm³/mol. The zero-order valence-electron chi connectivity index (χ0n) is 18.9. The van der Waals surface area contributed by atoms with Gasteiger partial charge in [0.1, 0.15) is 30.4 Å². The molecule has 0 bridgehead atoms. The number of imidazole rings is 1. The number of ether oxygens (including phenoxy) is 1. The molecule has 0 spiro atoms. The number of fused-ring (bicyclic) bond motifs is 1. The van der Waals surface area contributed by atoms with Crippen molar-refractivity contribution in [2.45, 2.75) is 13.2 Å². The number of nitrogens with one attached hydrogen (secondary N) is 1. The first kappa shape index (κ1) is 21.9. The molecule has 0 saturated carbocycles. The first-order chi connectivity index (χ1) is 17.2. The Hall–Kier alpha value is -4.89. The molecule has 2 aromatic heterocycles. The van der Waals surface area contributed by atoms with Crippen molar-refractivity contribution < 1.29 is 9.53 Å². The number of carbonyl (C=O) groups is 1. The lowest BCUT2D eigenvalue weighted by Crippen LogP contribution is -2.20. The minimum atomic E-state index is -0.163. The molecular formula is C29H22N4O2. The third-order valence-corrected chi connectivity index (χ3v) is 5.29. The molecule has 5 rings (SSSR count). The van der Waals surface area contributed by atoms with Crippen molar-refractivity contribution in [2.75, 3.05) is 5.32 Å². The number of anilines is 1. The molecule has 0 aliphatic carbocycles. The Kier molecular flexibility index (Phi) is 6.49. The van der Waals surface area contributed by atoms with E-state index in [0.29, 0.717) is 17.2 Å². The molecule has 3 aromatic carbocycles. The molecule has 1 N–H and O–H groups in total. The maximum atomic E-state index is 13.0. The molecule has 1 amide bonds. The lowest BCUT2D eigenvalue weighted by atomic mass is 10.2. The van der Waals surface area contributed by atoms with E-state index >= 15 is 0 Å². The molecule has 5 aromatic rings. The zero-order chi connectivity index (χ0) is 23.9. The Morgan fingerprint density at radius 2 is 1.71 bits per heavy atom. The highest BCUT2D eigenvalue weighted by Gasteiger charge is 2.14. The summed E-state index contributed by atoms with van der Waals surface area (Å²) >= 11 is 0. The standard InChI is InChI=1S/C29H22N4O2/c34-29(31-24-11-8-9-22(19-24)16-17-23-10-6-7-18-30-23)20-33-27-15-5-4-14-26(27)32-28(33)21-35-25-12-2-1-3-13-25/h1-15,18-19H,20-21H2,(H,31,34). The summed E-state index contributed by atoms with van der Waals surface area (Å²) in [6.45, 7) is 0.363. The minimum absolute atomic E-state index is 0.109. The van der Waals surface area contributed by atoms with Crippen molar-refractivity contribution in [3.63, 3.8) is 0 Å². The van der Waals surface area contributed by atoms with Crippen molar-refractivity contribution in [3.8, 4) is 17.6 Å². The fraction of sp³-hybridized carbons (Fsp3) is 0.0690. The summed E-state index contributed by atoms with van der Waals surface area (Å²) < 4.78 is 7.79. The monoisotopic (exact) mass is 458 g/mol. The number of aromatic nitrogens is 3. The van der Waals surface area contributed by atoms with Gasteiger partial charge in [-0.3, -0.25) is 4.79 Å². The van der Waals surface area contributed by atoms with E-state index in [2.05, 4.69) is 27.1 Å². The largest absolute Gasteiger partial charge is 0.486 e. The average Bonchev–Trinajstić information content (AvgIpc) is 3.25. The fourth-order valence-corrected chi connectivity index (χ4v) is 3.67. The van der Waals surface area contributed by atoms with Gasteiger partial charge >= 0.3 is 0 Å². The lowest BCUT2D eigenvalue weighted by molar-refractivity contribution is -0.116. The van der Waals surface area contributed by atoms with Gasteiger partial charge in [-0.2, -0.15) is 0 Å². The molecule has 6 heteroatoms. The van der Waals surface area contributed by atoms with Crippen molar-refractivity contribution in [3.05, 3.63) is 120 Å². The maximum Gasteiger partial charge on any atom is 0.244 e. The lowest BCUT2D eigenvalue weighted by Gasteiger charge is -2.11. The van der Waals surface area contributed by atoms with Crippen LogP contribution in [0.1, 0.15) is 17.1 Å². The molecule has 0 aliphatic rings. The molecule has 35 heavy (non-hydrogen) atoms. The number of hydrogen-bond acceptors (Lipinski definition) is 4. The quantitative estimate of drug-likeness (QED) is 0.362. The van der Waals surface area contributed by atoms with Gasteiger partial charge in [-0.25, -0.2) is 9.97 Å². The van der Waals surface area contributed by atoms with E-state index in [9.17, 15) is 4.79 Å². The van der Waals surface area contributed by atoms with Crippen LogP contribution in [0.4, 0.5) is 5.69 Å². The Bertz CT molecular complexity index is 1520. The summed E-state index contributed by atoms with van der Waals surface area (Å²) in [6.07, 6.45) is 1.71. The Morgan fingerprint density at radius 1 is 0.886 bits per heavy atom. The average molecular weight is 459 g/mol. The fourth-order valence-electron chi connectivity index (χ4n) is 3.67. The van der Waals surface area contributed by atoms with Gasteiger partial charge in [0.25, 0.3) is 0 Å². The van der Waals surface area contributed by atoms with Crippen LogP contribution in [0.2, 0.25) is 0 Å². The number of rotatable bonds is 6. The summed E-state index contributed by atoms with van der Waals surface area (Å²) in [7, 11) is 0. The molecule has 0 fully saturated rings. The molecule has 2 heterocycles. The Morgan fingerprint density at radius 3 is 2.57 bits per heavy atom. The summed E-state index contributed by atoms with van der Waals surface area (Å²) in [5.41, 5.74) is 3.86. The highest BCUT2D eigenvalue weighted by molar-refractivity contribution is 5.92. The van der Waals surface area contributed by atoms with Gasteiger partial charge in [0.15, 0.2) is 0 Å². The first-order valence-corrected chi connectivity index (χ1v) is 11.2. The molecule has 0 saturated heterocycles. The molecule has 0 radical (unpaired) electrons. The zero-order valence-corrected chi connectivity index (χ0v) is 18.9. The molecular weight excluding hydrogens is 436 g/mol. The van der Waals surface area contributed by atoms with Crippen molar-refractivity contribution >= 4 is 22.6 Å². The number of pyridine rings is 1. The summed E-state index contributed by atoms with van der Waals surface area (Å²) in [5.74, 6) is 7.39. The topological polar surface area (TPSA) is 69.0 Å². The van der Waals surface area contributed by atoms with Crippen LogP contribution in [-0.2, 0) is 17.9 Å². The van der Waals surface area contributed by atoms with Crippen LogP contribution in [0.5, 0.6) is 5.75 Å². The number of amides is 1. The third-order valence-electron chi connectivity index (χ3n) is 5.29. The minimum Gasteiger partial charge on any atom is -0.486 e. The van der Waals surface area contributed by atoms with Crippen LogP contribution < -0.4 is 10.1 Å². The van der Waals surface area contributed by atoms with Gasteiger partial charge in [-0.1, -0.05) is 48.4 Å². The number of hydrogen-bond donors (Lipinski definition) is 1. The van der Waals surface area contributed by atoms with Gasteiger partial charge in [-0.05, 0) is 60.5 Å². The van der Waals surface area contributed by atoms with Crippen LogP contribution in [0, 0.1) is 11.8 Å². The smallest absolute Gasteiger partial charge is 0.244 e. The first-order valence-electron chi connectivity index (χ1n) is 11.2. The second-order valence-electron chi connectivity index (χ2n) is 7.80. The van der Waals surface area contributed by atoms with Crippen LogP contribution in [0.3, 0.4) is 0 Å². The maximum absolute atomic E-state index is 13.0. The summed E-state index contributed by atoms with van der Waals surface area (Å²) in [4.78, 5) is 21.9. The predicted octanol–water partition coefficient (Wildman–Crippen LogP) is 5.05. The van der Waals surface area contributed by atoms with E-state index in [1.807, 2.05) is 102 Å². The second-order valence-corrected chi connectivity index (χ2v) is 7.80.